The average molecular weight is 293 g/mol. The fraction of sp³-hybridized carbons (Fsp3) is 0.533. The molecule has 4 nitrogen and oxygen atoms in total. The molecule has 3 rings (SSSR count). The first-order chi connectivity index (χ1) is 9.81. The molecule has 108 valence electrons. The molecule has 1 aliphatic carbocycles. The summed E-state index contributed by atoms with van der Waals surface area (Å²) in [5.74, 6) is -0.0291. The molecule has 1 N–H and O–H groups in total. The fourth-order valence-electron chi connectivity index (χ4n) is 2.79. The van der Waals surface area contributed by atoms with E-state index in [0.29, 0.717) is 13.2 Å². The molecule has 3 atom stereocenters. The second-order valence-corrected chi connectivity index (χ2v) is 6.17. The summed E-state index contributed by atoms with van der Waals surface area (Å²) >= 11 is 1.62. The average Bonchev–Trinajstić information content (AvgIpc) is 2.98. The molecular weight excluding hydrogens is 274 g/mol. The normalized spacial score (nSPS) is 30.1. The maximum atomic E-state index is 11.9. The van der Waals surface area contributed by atoms with Gasteiger partial charge in [-0.15, -0.1) is 11.3 Å². The van der Waals surface area contributed by atoms with E-state index in [0.717, 1.165) is 24.1 Å². The largest absolute Gasteiger partial charge is 0.373 e. The number of amides is 1. The van der Waals surface area contributed by atoms with Crippen LogP contribution in [0.1, 0.15) is 24.1 Å². The van der Waals surface area contributed by atoms with Crippen LogP contribution in [0.15, 0.2) is 23.6 Å². The molecule has 3 unspecified atom stereocenters. The van der Waals surface area contributed by atoms with E-state index >= 15 is 0 Å². The number of carbonyl (C=O) groups is 1. The number of ether oxygens (including phenoxy) is 2. The van der Waals surface area contributed by atoms with E-state index in [2.05, 4.69) is 5.32 Å². The molecule has 1 amide bonds. The zero-order valence-corrected chi connectivity index (χ0v) is 12.1. The smallest absolute Gasteiger partial charge is 0.244 e. The van der Waals surface area contributed by atoms with Crippen molar-refractivity contribution in [3.63, 3.8) is 0 Å². The third-order valence-corrected chi connectivity index (χ3v) is 4.60. The van der Waals surface area contributed by atoms with Crippen LogP contribution >= 0.6 is 11.3 Å². The van der Waals surface area contributed by atoms with Crippen molar-refractivity contribution >= 4 is 23.3 Å². The molecule has 1 aromatic heterocycles. The van der Waals surface area contributed by atoms with Gasteiger partial charge in [-0.25, -0.2) is 0 Å². The van der Waals surface area contributed by atoms with Crippen LogP contribution in [0.4, 0.5) is 0 Å². The van der Waals surface area contributed by atoms with Gasteiger partial charge in [0.1, 0.15) is 0 Å². The lowest BCUT2D eigenvalue weighted by atomic mass is 9.89. The summed E-state index contributed by atoms with van der Waals surface area (Å²) < 4.78 is 11.4. The van der Waals surface area contributed by atoms with Gasteiger partial charge in [-0.2, -0.15) is 0 Å². The molecule has 2 heterocycles. The van der Waals surface area contributed by atoms with E-state index < -0.39 is 0 Å². The van der Waals surface area contributed by atoms with Crippen LogP contribution in [0, 0.1) is 0 Å². The van der Waals surface area contributed by atoms with Gasteiger partial charge in [0.2, 0.25) is 5.91 Å². The monoisotopic (exact) mass is 293 g/mol. The Kier molecular flexibility index (Phi) is 4.50. The molecule has 0 aromatic carbocycles. The first kappa shape index (κ1) is 13.8. The standard InChI is InChI=1S/C15H19NO3S/c17-15(6-4-12-2-1-9-20-12)16-11-3-5-13-14(10-11)19-8-7-18-13/h1-2,4,6,9,11,13-14H,3,5,7-8,10H2,(H,16,17)/b6-4+. The van der Waals surface area contributed by atoms with Gasteiger partial charge in [0.25, 0.3) is 0 Å². The van der Waals surface area contributed by atoms with Gasteiger partial charge in [-0.1, -0.05) is 6.07 Å². The molecule has 2 aliphatic rings. The predicted molar refractivity (Wildman–Crippen MR) is 78.6 cm³/mol. The van der Waals surface area contributed by atoms with Crippen LogP contribution < -0.4 is 5.32 Å². The first-order valence-electron chi connectivity index (χ1n) is 7.06. The number of hydrogen-bond donors (Lipinski definition) is 1. The lowest BCUT2D eigenvalue weighted by molar-refractivity contribution is -0.158. The van der Waals surface area contributed by atoms with Crippen molar-refractivity contribution in [3.8, 4) is 0 Å². The van der Waals surface area contributed by atoms with Crippen molar-refractivity contribution in [2.24, 2.45) is 0 Å². The van der Waals surface area contributed by atoms with Crippen molar-refractivity contribution in [1.29, 1.82) is 0 Å². The third-order valence-electron chi connectivity index (χ3n) is 3.77. The second kappa shape index (κ2) is 6.52. The third kappa shape index (κ3) is 3.48. The van der Waals surface area contributed by atoms with E-state index in [4.69, 9.17) is 9.47 Å². The Balaban J connectivity index is 1.49. The molecule has 1 aromatic rings. The summed E-state index contributed by atoms with van der Waals surface area (Å²) in [6.45, 7) is 1.36. The maximum Gasteiger partial charge on any atom is 0.244 e. The highest BCUT2D eigenvalue weighted by atomic mass is 32.1. The number of rotatable bonds is 3. The molecule has 5 heteroatoms. The Morgan fingerprint density at radius 2 is 2.15 bits per heavy atom. The van der Waals surface area contributed by atoms with Crippen molar-refractivity contribution in [1.82, 2.24) is 5.32 Å². The highest BCUT2D eigenvalue weighted by molar-refractivity contribution is 7.10. The Morgan fingerprint density at radius 3 is 2.95 bits per heavy atom. The van der Waals surface area contributed by atoms with Crippen molar-refractivity contribution in [2.75, 3.05) is 13.2 Å². The van der Waals surface area contributed by atoms with Gasteiger partial charge in [-0.3, -0.25) is 4.79 Å². The summed E-state index contributed by atoms with van der Waals surface area (Å²) in [5, 5.41) is 5.06. The zero-order valence-electron chi connectivity index (χ0n) is 11.3. The molecular formula is C15H19NO3S. The summed E-state index contributed by atoms with van der Waals surface area (Å²) in [6.07, 6.45) is 6.60. The predicted octanol–water partition coefficient (Wildman–Crippen LogP) is 2.21. The van der Waals surface area contributed by atoms with E-state index in [9.17, 15) is 4.79 Å². The van der Waals surface area contributed by atoms with Crippen molar-refractivity contribution in [2.45, 2.75) is 37.5 Å². The number of hydrogen-bond acceptors (Lipinski definition) is 4. The van der Waals surface area contributed by atoms with Crippen LogP contribution in [-0.4, -0.2) is 37.4 Å². The zero-order chi connectivity index (χ0) is 13.8. The number of thiophene rings is 1. The van der Waals surface area contributed by atoms with Crippen LogP contribution in [0.25, 0.3) is 6.08 Å². The van der Waals surface area contributed by atoms with Gasteiger partial charge in [0.15, 0.2) is 0 Å². The topological polar surface area (TPSA) is 47.6 Å². The van der Waals surface area contributed by atoms with Gasteiger partial charge >= 0.3 is 0 Å². The van der Waals surface area contributed by atoms with Crippen molar-refractivity contribution in [3.05, 3.63) is 28.5 Å². The second-order valence-electron chi connectivity index (χ2n) is 5.19. The Bertz CT molecular complexity index is 471. The molecule has 2 fully saturated rings. The lowest BCUT2D eigenvalue weighted by Crippen LogP contribution is -2.49. The Labute approximate surface area is 122 Å². The molecule has 1 aliphatic heterocycles. The minimum atomic E-state index is -0.0291. The minimum absolute atomic E-state index is 0.0291. The lowest BCUT2D eigenvalue weighted by Gasteiger charge is -2.38. The van der Waals surface area contributed by atoms with Gasteiger partial charge < -0.3 is 14.8 Å². The highest BCUT2D eigenvalue weighted by Crippen LogP contribution is 2.26. The minimum Gasteiger partial charge on any atom is -0.373 e. The summed E-state index contributed by atoms with van der Waals surface area (Å²) in [5.41, 5.74) is 0. The van der Waals surface area contributed by atoms with Crippen LogP contribution in [-0.2, 0) is 14.3 Å². The summed E-state index contributed by atoms with van der Waals surface area (Å²) in [6, 6.07) is 4.16. The quantitative estimate of drug-likeness (QED) is 0.869. The van der Waals surface area contributed by atoms with Gasteiger partial charge in [0, 0.05) is 17.0 Å². The number of carbonyl (C=O) groups excluding carboxylic acids is 1. The van der Waals surface area contributed by atoms with E-state index in [-0.39, 0.29) is 24.2 Å². The van der Waals surface area contributed by atoms with Crippen LogP contribution in [0.3, 0.4) is 0 Å². The summed E-state index contributed by atoms with van der Waals surface area (Å²) in [7, 11) is 0. The number of fused-ring (bicyclic) bond motifs is 1. The fourth-order valence-corrected chi connectivity index (χ4v) is 3.41. The Morgan fingerprint density at radius 1 is 1.30 bits per heavy atom. The SMILES string of the molecule is O=C(/C=C/c1cccs1)NC1CCC2OCCOC2C1. The number of nitrogens with one attached hydrogen (secondary N) is 1. The maximum absolute atomic E-state index is 11.9. The van der Waals surface area contributed by atoms with Gasteiger partial charge in [-0.05, 0) is 36.8 Å². The van der Waals surface area contributed by atoms with E-state index in [1.165, 1.54) is 0 Å². The first-order valence-corrected chi connectivity index (χ1v) is 7.94. The molecule has 20 heavy (non-hydrogen) atoms. The molecule has 0 radical (unpaired) electrons. The van der Waals surface area contributed by atoms with Crippen LogP contribution in [0.5, 0.6) is 0 Å². The highest BCUT2D eigenvalue weighted by Gasteiger charge is 2.34. The molecule has 0 bridgehead atoms. The molecule has 1 saturated heterocycles. The summed E-state index contributed by atoms with van der Waals surface area (Å²) in [4.78, 5) is 13.0. The van der Waals surface area contributed by atoms with Crippen LogP contribution in [0.2, 0.25) is 0 Å². The van der Waals surface area contributed by atoms with Crippen molar-refractivity contribution < 1.29 is 14.3 Å². The van der Waals surface area contributed by atoms with Gasteiger partial charge in [0.05, 0.1) is 25.4 Å². The molecule has 1 saturated carbocycles. The molecule has 0 spiro atoms. The Hall–Kier alpha value is -1.17. The van der Waals surface area contributed by atoms with E-state index in [1.807, 2.05) is 23.6 Å². The van der Waals surface area contributed by atoms with E-state index in [1.54, 1.807) is 17.4 Å².